The zero-order valence-corrected chi connectivity index (χ0v) is 16.5. The van der Waals surface area contributed by atoms with Crippen LogP contribution in [0.15, 0.2) is 66.3 Å². The third-order valence-electron chi connectivity index (χ3n) is 4.16. The number of aromatic amines is 1. The molecular formula is C20H16N4O2S2. The number of benzene rings is 2. The van der Waals surface area contributed by atoms with Crippen LogP contribution in [0.2, 0.25) is 0 Å². The van der Waals surface area contributed by atoms with Gasteiger partial charge in [0.25, 0.3) is 5.91 Å². The largest absolute Gasteiger partial charge is 0.496 e. The molecule has 0 bridgehead atoms. The van der Waals surface area contributed by atoms with E-state index in [4.69, 9.17) is 17.0 Å². The predicted octanol–water partition coefficient (Wildman–Crippen LogP) is 4.92. The summed E-state index contributed by atoms with van der Waals surface area (Å²) < 4.78 is 7.81. The van der Waals surface area contributed by atoms with Crippen molar-refractivity contribution in [2.24, 2.45) is 0 Å². The Labute approximate surface area is 170 Å². The number of nitrogens with zero attached hydrogens (tertiary/aromatic N) is 2. The number of carbonyl (C=O) groups is 1. The van der Waals surface area contributed by atoms with Gasteiger partial charge in [-0.2, -0.15) is 0 Å². The van der Waals surface area contributed by atoms with Gasteiger partial charge in [-0.1, -0.05) is 12.1 Å². The number of nitrogens with one attached hydrogen (secondary N) is 2. The molecule has 140 valence electrons. The number of methoxy groups -OCH3 is 1. The van der Waals surface area contributed by atoms with Crippen molar-refractivity contribution in [1.29, 1.82) is 0 Å². The van der Waals surface area contributed by atoms with Crippen molar-refractivity contribution in [3.63, 3.8) is 0 Å². The number of amides is 1. The smallest absolute Gasteiger partial charge is 0.257 e. The molecule has 6 nitrogen and oxygen atoms in total. The van der Waals surface area contributed by atoms with Crippen molar-refractivity contribution >= 4 is 34.6 Å². The monoisotopic (exact) mass is 408 g/mol. The summed E-state index contributed by atoms with van der Waals surface area (Å²) in [5, 5.41) is 5.27. The normalized spacial score (nSPS) is 10.6. The number of anilines is 1. The Kier molecular flexibility index (Phi) is 5.05. The lowest BCUT2D eigenvalue weighted by atomic mass is 10.1. The van der Waals surface area contributed by atoms with E-state index < -0.39 is 0 Å². The van der Waals surface area contributed by atoms with Crippen molar-refractivity contribution in [2.75, 3.05) is 12.4 Å². The Morgan fingerprint density at radius 3 is 2.71 bits per heavy atom. The molecule has 0 saturated carbocycles. The number of imidazole rings is 1. The van der Waals surface area contributed by atoms with Gasteiger partial charge in [0.15, 0.2) is 9.90 Å². The fourth-order valence-corrected chi connectivity index (χ4v) is 3.72. The molecule has 2 N–H and O–H groups in total. The highest BCUT2D eigenvalue weighted by Gasteiger charge is 2.12. The summed E-state index contributed by atoms with van der Waals surface area (Å²) in [6.07, 6.45) is 3.61. The summed E-state index contributed by atoms with van der Waals surface area (Å²) in [6, 6.07) is 14.9. The fourth-order valence-electron chi connectivity index (χ4n) is 2.78. The summed E-state index contributed by atoms with van der Waals surface area (Å²) in [5.74, 6) is 0.523. The molecule has 28 heavy (non-hydrogen) atoms. The molecule has 4 rings (SSSR count). The molecule has 2 heterocycles. The van der Waals surface area contributed by atoms with Crippen LogP contribution in [0.25, 0.3) is 16.9 Å². The lowest BCUT2D eigenvalue weighted by Crippen LogP contribution is -2.11. The van der Waals surface area contributed by atoms with E-state index in [-0.39, 0.29) is 5.91 Å². The van der Waals surface area contributed by atoms with E-state index in [1.54, 1.807) is 25.4 Å². The SMILES string of the molecule is COc1ccccc1-c1csc(NC(=O)c2ccc(-n3cc[nH]c3=S)cc2)n1. The molecule has 1 amide bonds. The van der Waals surface area contributed by atoms with Gasteiger partial charge in [0.05, 0.1) is 12.8 Å². The Balaban J connectivity index is 1.51. The molecular weight excluding hydrogens is 392 g/mol. The highest BCUT2D eigenvalue weighted by molar-refractivity contribution is 7.71. The number of para-hydroxylation sites is 1. The van der Waals surface area contributed by atoms with Crippen molar-refractivity contribution in [2.45, 2.75) is 0 Å². The number of thiazole rings is 1. The van der Waals surface area contributed by atoms with Crippen LogP contribution in [0.1, 0.15) is 10.4 Å². The summed E-state index contributed by atoms with van der Waals surface area (Å²) in [7, 11) is 1.62. The highest BCUT2D eigenvalue weighted by Crippen LogP contribution is 2.32. The Bertz CT molecular complexity index is 1180. The first-order valence-corrected chi connectivity index (χ1v) is 9.71. The van der Waals surface area contributed by atoms with Crippen molar-refractivity contribution < 1.29 is 9.53 Å². The fraction of sp³-hybridized carbons (Fsp3) is 0.0500. The van der Waals surface area contributed by atoms with E-state index in [1.165, 1.54) is 11.3 Å². The number of ether oxygens (including phenoxy) is 1. The topological polar surface area (TPSA) is 71.9 Å². The first-order valence-electron chi connectivity index (χ1n) is 8.42. The summed E-state index contributed by atoms with van der Waals surface area (Å²) in [6.45, 7) is 0. The maximum atomic E-state index is 12.5. The lowest BCUT2D eigenvalue weighted by molar-refractivity contribution is 0.102. The quantitative estimate of drug-likeness (QED) is 0.460. The minimum Gasteiger partial charge on any atom is -0.496 e. The zero-order valence-electron chi connectivity index (χ0n) is 14.9. The second-order valence-corrected chi connectivity index (χ2v) is 7.12. The van der Waals surface area contributed by atoms with Gasteiger partial charge >= 0.3 is 0 Å². The van der Waals surface area contributed by atoms with Crippen LogP contribution in [0.4, 0.5) is 5.13 Å². The van der Waals surface area contributed by atoms with Gasteiger partial charge < -0.3 is 9.72 Å². The van der Waals surface area contributed by atoms with Crippen LogP contribution in [0, 0.1) is 4.77 Å². The molecule has 0 spiro atoms. The average molecular weight is 409 g/mol. The number of carbonyl (C=O) groups excluding carboxylic acids is 1. The second-order valence-electron chi connectivity index (χ2n) is 5.87. The zero-order chi connectivity index (χ0) is 19.5. The van der Waals surface area contributed by atoms with E-state index in [1.807, 2.05) is 52.5 Å². The van der Waals surface area contributed by atoms with Crippen LogP contribution >= 0.6 is 23.6 Å². The lowest BCUT2D eigenvalue weighted by Gasteiger charge is -2.06. The van der Waals surface area contributed by atoms with Gasteiger partial charge in [0.2, 0.25) is 0 Å². The van der Waals surface area contributed by atoms with Gasteiger partial charge in [0, 0.05) is 34.6 Å². The molecule has 0 fully saturated rings. The molecule has 0 atom stereocenters. The molecule has 0 unspecified atom stereocenters. The molecule has 0 radical (unpaired) electrons. The van der Waals surface area contributed by atoms with Crippen molar-refractivity contribution in [3.05, 3.63) is 76.6 Å². The first kappa shape index (κ1) is 18.1. The van der Waals surface area contributed by atoms with E-state index in [0.717, 1.165) is 22.7 Å². The number of hydrogen-bond donors (Lipinski definition) is 2. The van der Waals surface area contributed by atoms with Crippen molar-refractivity contribution in [3.8, 4) is 22.7 Å². The van der Waals surface area contributed by atoms with Crippen LogP contribution in [0.3, 0.4) is 0 Å². The number of hydrogen-bond acceptors (Lipinski definition) is 5. The first-order chi connectivity index (χ1) is 13.7. The van der Waals surface area contributed by atoms with E-state index in [9.17, 15) is 4.79 Å². The van der Waals surface area contributed by atoms with Gasteiger partial charge in [-0.05, 0) is 48.6 Å². The van der Waals surface area contributed by atoms with Gasteiger partial charge in [-0.25, -0.2) is 4.98 Å². The minimum atomic E-state index is -0.217. The second kappa shape index (κ2) is 7.79. The van der Waals surface area contributed by atoms with E-state index in [2.05, 4.69) is 15.3 Å². The van der Waals surface area contributed by atoms with Crippen LogP contribution in [-0.4, -0.2) is 27.6 Å². The average Bonchev–Trinajstić information content (AvgIpc) is 3.37. The highest BCUT2D eigenvalue weighted by atomic mass is 32.1. The summed E-state index contributed by atoms with van der Waals surface area (Å²) in [5.41, 5.74) is 3.07. The van der Waals surface area contributed by atoms with Gasteiger partial charge in [0.1, 0.15) is 5.75 Å². The van der Waals surface area contributed by atoms with E-state index >= 15 is 0 Å². The van der Waals surface area contributed by atoms with Crippen LogP contribution in [-0.2, 0) is 0 Å². The van der Waals surface area contributed by atoms with Crippen LogP contribution < -0.4 is 10.1 Å². The minimum absolute atomic E-state index is 0.217. The van der Waals surface area contributed by atoms with Crippen molar-refractivity contribution in [1.82, 2.24) is 14.5 Å². The molecule has 0 aliphatic carbocycles. The number of aromatic nitrogens is 3. The molecule has 2 aromatic carbocycles. The molecule has 0 aliphatic rings. The molecule has 0 aliphatic heterocycles. The molecule has 0 saturated heterocycles. The third kappa shape index (κ3) is 3.60. The Morgan fingerprint density at radius 2 is 2.00 bits per heavy atom. The summed E-state index contributed by atoms with van der Waals surface area (Å²) in [4.78, 5) is 20.0. The number of H-pyrrole nitrogens is 1. The maximum absolute atomic E-state index is 12.5. The summed E-state index contributed by atoms with van der Waals surface area (Å²) >= 11 is 6.58. The van der Waals surface area contributed by atoms with Gasteiger partial charge in [-0.3, -0.25) is 14.7 Å². The number of rotatable bonds is 5. The Hall–Kier alpha value is -3.23. The third-order valence-corrected chi connectivity index (χ3v) is 5.24. The molecule has 2 aromatic heterocycles. The van der Waals surface area contributed by atoms with E-state index in [0.29, 0.717) is 15.5 Å². The molecule has 8 heteroatoms. The Morgan fingerprint density at radius 1 is 1.21 bits per heavy atom. The standard InChI is InChI=1S/C20H16N4O2S2/c1-26-17-5-3-2-4-15(17)16-12-28-19(22-16)23-18(25)13-6-8-14(9-7-13)24-11-10-21-20(24)27/h2-12H,1H3,(H,21,27)(H,22,23,25). The van der Waals surface area contributed by atoms with Crippen LogP contribution in [0.5, 0.6) is 5.75 Å². The van der Waals surface area contributed by atoms with Gasteiger partial charge in [-0.15, -0.1) is 11.3 Å². The maximum Gasteiger partial charge on any atom is 0.257 e. The molecule has 4 aromatic rings. The predicted molar refractivity (Wildman–Crippen MR) is 113 cm³/mol.